The number of nitrogens with zero attached hydrogens (tertiary/aromatic N) is 1. The third-order valence-electron chi connectivity index (χ3n) is 7.66. The summed E-state index contributed by atoms with van der Waals surface area (Å²) in [6, 6.07) is 26.2. The van der Waals surface area contributed by atoms with Crippen LogP contribution in [0.1, 0.15) is 64.8 Å². The molecule has 0 aromatic heterocycles. The van der Waals surface area contributed by atoms with E-state index in [0.29, 0.717) is 11.5 Å². The summed E-state index contributed by atoms with van der Waals surface area (Å²) in [6.45, 7) is 3.33. The Morgan fingerprint density at radius 1 is 0.912 bits per heavy atom. The number of aliphatic hydroxyl groups is 1. The summed E-state index contributed by atoms with van der Waals surface area (Å²) in [5, 5.41) is 14.0. The quantitative estimate of drug-likeness (QED) is 0.495. The van der Waals surface area contributed by atoms with Crippen molar-refractivity contribution in [2.45, 2.75) is 44.1 Å². The predicted octanol–water partition coefficient (Wildman–Crippen LogP) is 5.80. The van der Waals surface area contributed by atoms with E-state index in [1.807, 2.05) is 48.5 Å². The van der Waals surface area contributed by atoms with E-state index < -0.39 is 6.10 Å². The van der Waals surface area contributed by atoms with Crippen LogP contribution in [0.15, 0.2) is 78.9 Å². The number of aryl methyl sites for hydroxylation is 1. The van der Waals surface area contributed by atoms with Crippen molar-refractivity contribution in [1.82, 2.24) is 4.90 Å². The van der Waals surface area contributed by atoms with E-state index in [1.165, 1.54) is 18.4 Å². The van der Waals surface area contributed by atoms with Crippen LogP contribution >= 0.6 is 0 Å². The third kappa shape index (κ3) is 5.24. The number of piperidine rings is 1. The first-order valence-electron chi connectivity index (χ1n) is 12.6. The smallest absolute Gasteiger partial charge is 0.255 e. The molecule has 1 aliphatic heterocycles. The first-order chi connectivity index (χ1) is 16.7. The SMILES string of the molecule is O=C(Nc1ccccc1)c1ccc2c(c1)CC[C@H](CCN1CCC(c3ccccc3)CC1)[C@@H]2O. The molecule has 34 heavy (non-hydrogen) atoms. The van der Waals surface area contributed by atoms with Crippen molar-refractivity contribution in [1.29, 1.82) is 0 Å². The van der Waals surface area contributed by atoms with E-state index in [2.05, 4.69) is 40.5 Å². The van der Waals surface area contributed by atoms with Crippen molar-refractivity contribution in [3.63, 3.8) is 0 Å². The van der Waals surface area contributed by atoms with Crippen molar-refractivity contribution >= 4 is 11.6 Å². The average molecular weight is 455 g/mol. The van der Waals surface area contributed by atoms with Gasteiger partial charge in [0.1, 0.15) is 0 Å². The van der Waals surface area contributed by atoms with Gasteiger partial charge in [-0.2, -0.15) is 0 Å². The van der Waals surface area contributed by atoms with Gasteiger partial charge in [-0.25, -0.2) is 0 Å². The molecule has 0 spiro atoms. The number of likely N-dealkylation sites (tertiary alicyclic amines) is 1. The highest BCUT2D eigenvalue weighted by Crippen LogP contribution is 2.37. The van der Waals surface area contributed by atoms with Gasteiger partial charge in [-0.15, -0.1) is 0 Å². The normalized spacial score (nSPS) is 21.1. The highest BCUT2D eigenvalue weighted by molar-refractivity contribution is 6.04. The minimum Gasteiger partial charge on any atom is -0.388 e. The summed E-state index contributed by atoms with van der Waals surface area (Å²) in [4.78, 5) is 15.2. The van der Waals surface area contributed by atoms with Gasteiger partial charge in [0.05, 0.1) is 6.10 Å². The summed E-state index contributed by atoms with van der Waals surface area (Å²) in [5.41, 5.74) is 5.01. The molecule has 5 rings (SSSR count). The molecular formula is C30H34N2O2. The van der Waals surface area contributed by atoms with Crippen molar-refractivity contribution < 1.29 is 9.90 Å². The molecule has 3 aromatic rings. The van der Waals surface area contributed by atoms with Crippen LogP contribution in [0.3, 0.4) is 0 Å². The Morgan fingerprint density at radius 3 is 2.35 bits per heavy atom. The topological polar surface area (TPSA) is 52.6 Å². The molecule has 1 saturated heterocycles. The molecule has 3 aromatic carbocycles. The highest BCUT2D eigenvalue weighted by Gasteiger charge is 2.29. The molecule has 4 nitrogen and oxygen atoms in total. The summed E-state index contributed by atoms with van der Waals surface area (Å²) in [5.74, 6) is 0.853. The summed E-state index contributed by atoms with van der Waals surface area (Å²) >= 11 is 0. The van der Waals surface area contributed by atoms with E-state index in [4.69, 9.17) is 0 Å². The Hall–Kier alpha value is -2.95. The molecule has 1 amide bonds. The number of aliphatic hydroxyl groups excluding tert-OH is 1. The monoisotopic (exact) mass is 454 g/mol. The number of carbonyl (C=O) groups is 1. The van der Waals surface area contributed by atoms with Crippen molar-refractivity contribution in [3.8, 4) is 0 Å². The van der Waals surface area contributed by atoms with Crippen LogP contribution in [0.4, 0.5) is 5.69 Å². The molecule has 0 radical (unpaired) electrons. The van der Waals surface area contributed by atoms with Gasteiger partial charge < -0.3 is 15.3 Å². The van der Waals surface area contributed by atoms with Gasteiger partial charge in [0.2, 0.25) is 0 Å². The fourth-order valence-corrected chi connectivity index (χ4v) is 5.60. The first-order valence-corrected chi connectivity index (χ1v) is 12.6. The Kier molecular flexibility index (Phi) is 7.08. The highest BCUT2D eigenvalue weighted by atomic mass is 16.3. The van der Waals surface area contributed by atoms with Gasteiger partial charge in [0, 0.05) is 11.3 Å². The summed E-state index contributed by atoms with van der Waals surface area (Å²) < 4.78 is 0. The number of benzene rings is 3. The molecule has 2 atom stereocenters. The lowest BCUT2D eigenvalue weighted by Crippen LogP contribution is -2.35. The van der Waals surface area contributed by atoms with Crippen molar-refractivity contribution in [3.05, 3.63) is 101 Å². The Labute approximate surface area is 202 Å². The van der Waals surface area contributed by atoms with Gasteiger partial charge in [0.15, 0.2) is 0 Å². The number of hydrogen-bond acceptors (Lipinski definition) is 3. The maximum Gasteiger partial charge on any atom is 0.255 e. The molecule has 0 saturated carbocycles. The van der Waals surface area contributed by atoms with E-state index in [9.17, 15) is 9.90 Å². The molecule has 176 valence electrons. The Bertz CT molecular complexity index is 1090. The molecule has 2 aliphatic rings. The molecular weight excluding hydrogens is 420 g/mol. The maximum atomic E-state index is 12.7. The number of para-hydroxylation sites is 1. The van der Waals surface area contributed by atoms with E-state index in [1.54, 1.807) is 0 Å². The van der Waals surface area contributed by atoms with Crippen molar-refractivity contribution in [2.24, 2.45) is 5.92 Å². The maximum absolute atomic E-state index is 12.7. The standard InChI is InChI=1S/C30H34N2O2/c33-29-24(17-20-32-18-15-23(16-19-32)22-7-3-1-4-8-22)11-12-25-21-26(13-14-28(25)29)30(34)31-27-9-5-2-6-10-27/h1-10,13-14,21,23-24,29,33H,11-12,15-20H2,(H,31,34)/t24-,29+/m1/s1. The Balaban J connectivity index is 1.14. The van der Waals surface area contributed by atoms with E-state index >= 15 is 0 Å². The van der Waals surface area contributed by atoms with Crippen LogP contribution in [0, 0.1) is 5.92 Å². The predicted molar refractivity (Wildman–Crippen MR) is 137 cm³/mol. The Morgan fingerprint density at radius 2 is 1.62 bits per heavy atom. The van der Waals surface area contributed by atoms with Crippen LogP contribution in [0.2, 0.25) is 0 Å². The molecule has 0 bridgehead atoms. The lowest BCUT2D eigenvalue weighted by atomic mass is 9.79. The zero-order valence-electron chi connectivity index (χ0n) is 19.7. The minimum atomic E-state index is -0.447. The molecule has 2 N–H and O–H groups in total. The largest absolute Gasteiger partial charge is 0.388 e. The number of rotatable bonds is 6. The lowest BCUT2D eigenvalue weighted by Gasteiger charge is -2.35. The summed E-state index contributed by atoms with van der Waals surface area (Å²) in [7, 11) is 0. The molecule has 0 unspecified atom stereocenters. The number of hydrogen-bond donors (Lipinski definition) is 2. The lowest BCUT2D eigenvalue weighted by molar-refractivity contribution is 0.0771. The zero-order valence-corrected chi connectivity index (χ0v) is 19.7. The van der Waals surface area contributed by atoms with Crippen LogP contribution in [0.25, 0.3) is 0 Å². The van der Waals surface area contributed by atoms with Crippen LogP contribution in [-0.4, -0.2) is 35.5 Å². The van der Waals surface area contributed by atoms with Gasteiger partial charge >= 0.3 is 0 Å². The molecule has 1 fully saturated rings. The van der Waals surface area contributed by atoms with Gasteiger partial charge in [-0.3, -0.25) is 4.79 Å². The average Bonchev–Trinajstić information content (AvgIpc) is 2.89. The van der Waals surface area contributed by atoms with E-state index in [-0.39, 0.29) is 11.8 Å². The number of nitrogens with one attached hydrogen (secondary N) is 1. The number of fused-ring (bicyclic) bond motifs is 1. The summed E-state index contributed by atoms with van der Waals surface area (Å²) in [6.07, 6.45) is 4.89. The second-order valence-electron chi connectivity index (χ2n) is 9.79. The minimum absolute atomic E-state index is 0.107. The van der Waals surface area contributed by atoms with Gasteiger partial charge in [-0.1, -0.05) is 54.6 Å². The fraction of sp³-hybridized carbons (Fsp3) is 0.367. The van der Waals surface area contributed by atoms with E-state index in [0.717, 1.165) is 55.7 Å². The number of anilines is 1. The number of amides is 1. The van der Waals surface area contributed by atoms with Crippen LogP contribution in [0.5, 0.6) is 0 Å². The van der Waals surface area contributed by atoms with Crippen LogP contribution in [-0.2, 0) is 6.42 Å². The first kappa shape index (κ1) is 22.8. The third-order valence-corrected chi connectivity index (χ3v) is 7.66. The second kappa shape index (κ2) is 10.5. The van der Waals surface area contributed by atoms with Gasteiger partial charge in [-0.05, 0) is 105 Å². The zero-order chi connectivity index (χ0) is 23.3. The molecule has 4 heteroatoms. The molecule has 1 aliphatic carbocycles. The van der Waals surface area contributed by atoms with Crippen LogP contribution < -0.4 is 5.32 Å². The van der Waals surface area contributed by atoms with Gasteiger partial charge in [0.25, 0.3) is 5.91 Å². The van der Waals surface area contributed by atoms with Crippen molar-refractivity contribution in [2.75, 3.05) is 25.0 Å². The number of carbonyl (C=O) groups excluding carboxylic acids is 1. The fourth-order valence-electron chi connectivity index (χ4n) is 5.60. The second-order valence-corrected chi connectivity index (χ2v) is 9.79. The molecule has 1 heterocycles.